The zero-order valence-corrected chi connectivity index (χ0v) is 19.9. The molecule has 5 rings (SSSR count). The van der Waals surface area contributed by atoms with Crippen molar-refractivity contribution in [2.45, 2.75) is 26.3 Å². The predicted octanol–water partition coefficient (Wildman–Crippen LogP) is 6.79. The Morgan fingerprint density at radius 3 is 2.37 bits per heavy atom. The van der Waals surface area contributed by atoms with Crippen LogP contribution in [0, 0.1) is 5.82 Å². The first-order valence-electron chi connectivity index (χ1n) is 11.2. The van der Waals surface area contributed by atoms with Crippen molar-refractivity contribution < 1.29 is 13.7 Å². The molecule has 176 valence electrons. The number of nitrogens with zero attached hydrogens (tertiary/aromatic N) is 3. The number of hydrogen-bond acceptors (Lipinski definition) is 4. The predicted molar refractivity (Wildman–Crippen MR) is 133 cm³/mol. The van der Waals surface area contributed by atoms with Crippen molar-refractivity contribution in [2.75, 3.05) is 4.90 Å². The molecule has 6 nitrogen and oxygen atoms in total. The second-order valence-electron chi connectivity index (χ2n) is 8.22. The van der Waals surface area contributed by atoms with Crippen molar-refractivity contribution >= 4 is 28.9 Å². The number of rotatable bonds is 5. The van der Waals surface area contributed by atoms with E-state index in [1.54, 1.807) is 31.2 Å². The van der Waals surface area contributed by atoms with Gasteiger partial charge < -0.3 is 9.84 Å². The van der Waals surface area contributed by atoms with Crippen molar-refractivity contribution in [3.63, 3.8) is 0 Å². The Bertz CT molecular complexity index is 1400. The summed E-state index contributed by atoms with van der Waals surface area (Å²) < 4.78 is 19.3. The van der Waals surface area contributed by atoms with Crippen LogP contribution in [0.4, 0.5) is 14.9 Å². The lowest BCUT2D eigenvalue weighted by Crippen LogP contribution is -2.46. The van der Waals surface area contributed by atoms with Crippen molar-refractivity contribution in [3.8, 4) is 11.4 Å². The largest absolute Gasteiger partial charge is 0.334 e. The minimum atomic E-state index is -0.549. The van der Waals surface area contributed by atoms with Crippen LogP contribution >= 0.6 is 11.6 Å². The molecule has 0 bridgehead atoms. The van der Waals surface area contributed by atoms with Crippen molar-refractivity contribution in [1.29, 1.82) is 0 Å². The van der Waals surface area contributed by atoms with Gasteiger partial charge in [0, 0.05) is 16.3 Å². The summed E-state index contributed by atoms with van der Waals surface area (Å²) in [6.45, 7) is 3.90. The first-order chi connectivity index (χ1) is 16.9. The number of aromatic nitrogens is 2. The van der Waals surface area contributed by atoms with Gasteiger partial charge in [0.15, 0.2) is 0 Å². The summed E-state index contributed by atoms with van der Waals surface area (Å²) in [5.74, 6) is 0.342. The molecular formula is C27H22ClFN4O2. The van der Waals surface area contributed by atoms with Gasteiger partial charge in [-0.3, -0.25) is 4.90 Å². The number of amides is 2. The van der Waals surface area contributed by atoms with Gasteiger partial charge in [0.05, 0.1) is 17.3 Å². The van der Waals surface area contributed by atoms with Gasteiger partial charge in [-0.05, 0) is 60.9 Å². The number of allylic oxidation sites excluding steroid dienone is 1. The zero-order valence-electron chi connectivity index (χ0n) is 19.1. The van der Waals surface area contributed by atoms with Gasteiger partial charge >= 0.3 is 6.03 Å². The number of benzene rings is 3. The summed E-state index contributed by atoms with van der Waals surface area (Å²) in [6.07, 6.45) is 0.936. The third kappa shape index (κ3) is 4.42. The Morgan fingerprint density at radius 1 is 1.03 bits per heavy atom. The minimum absolute atomic E-state index is 0.282. The quantitative estimate of drug-likeness (QED) is 0.335. The second kappa shape index (κ2) is 9.35. The topological polar surface area (TPSA) is 71.3 Å². The number of hydrogen-bond donors (Lipinski definition) is 1. The lowest BCUT2D eigenvalue weighted by Gasteiger charge is -2.35. The normalized spacial score (nSPS) is 15.9. The Balaban J connectivity index is 1.62. The molecule has 4 aromatic rings. The van der Waals surface area contributed by atoms with E-state index in [1.807, 2.05) is 36.4 Å². The van der Waals surface area contributed by atoms with Gasteiger partial charge in [0.2, 0.25) is 5.82 Å². The van der Waals surface area contributed by atoms with Crippen LogP contribution < -0.4 is 10.2 Å². The van der Waals surface area contributed by atoms with E-state index < -0.39 is 6.04 Å². The molecule has 2 amide bonds. The smallest absolute Gasteiger partial charge is 0.326 e. The van der Waals surface area contributed by atoms with Crippen molar-refractivity contribution in [3.05, 3.63) is 106 Å². The van der Waals surface area contributed by atoms with E-state index in [9.17, 15) is 9.18 Å². The van der Waals surface area contributed by atoms with E-state index >= 15 is 0 Å². The third-order valence-electron chi connectivity index (χ3n) is 6.05. The molecule has 1 N–H and O–H groups in total. The monoisotopic (exact) mass is 488 g/mol. The Kier molecular flexibility index (Phi) is 6.09. The zero-order chi connectivity index (χ0) is 24.5. The summed E-state index contributed by atoms with van der Waals surface area (Å²) in [5, 5.41) is 7.81. The number of nitrogens with one attached hydrogen (secondary N) is 1. The van der Waals surface area contributed by atoms with Gasteiger partial charge in [-0.2, -0.15) is 4.98 Å². The average molecular weight is 489 g/mol. The Hall–Kier alpha value is -3.97. The van der Waals surface area contributed by atoms with Crippen LogP contribution in [0.15, 0.2) is 83.0 Å². The third-order valence-corrected chi connectivity index (χ3v) is 6.30. The Morgan fingerprint density at radius 2 is 1.71 bits per heavy atom. The van der Waals surface area contributed by atoms with Crippen molar-refractivity contribution in [2.24, 2.45) is 0 Å². The highest BCUT2D eigenvalue weighted by Crippen LogP contribution is 2.39. The fourth-order valence-electron chi connectivity index (χ4n) is 4.17. The van der Waals surface area contributed by atoms with Gasteiger partial charge in [0.1, 0.15) is 5.82 Å². The molecule has 0 aliphatic carbocycles. The molecule has 0 fully saturated rings. The molecule has 1 atom stereocenters. The van der Waals surface area contributed by atoms with Crippen LogP contribution in [-0.4, -0.2) is 16.2 Å². The molecule has 0 spiro atoms. The Labute approximate surface area is 207 Å². The molecule has 1 unspecified atom stereocenters. The molecule has 8 heteroatoms. The maximum Gasteiger partial charge on any atom is 0.326 e. The molecule has 1 aliphatic rings. The number of carbonyl (C=O) groups excluding carboxylic acids is 1. The van der Waals surface area contributed by atoms with Gasteiger partial charge in [-0.25, -0.2) is 9.18 Å². The average Bonchev–Trinajstić information content (AvgIpc) is 3.35. The highest BCUT2D eigenvalue weighted by atomic mass is 35.5. The fraction of sp³-hybridized carbons (Fsp3) is 0.148. The molecular weight excluding hydrogens is 467 g/mol. The summed E-state index contributed by atoms with van der Waals surface area (Å²) in [5.41, 5.74) is 4.60. The number of aryl methyl sites for hydroxylation is 1. The van der Waals surface area contributed by atoms with E-state index in [0.29, 0.717) is 27.8 Å². The van der Waals surface area contributed by atoms with Crippen LogP contribution in [0.5, 0.6) is 0 Å². The van der Waals surface area contributed by atoms with Crippen molar-refractivity contribution in [1.82, 2.24) is 15.5 Å². The highest BCUT2D eigenvalue weighted by molar-refractivity contribution is 6.30. The van der Waals surface area contributed by atoms with Crippen LogP contribution in [0.2, 0.25) is 5.02 Å². The molecule has 0 saturated carbocycles. The van der Waals surface area contributed by atoms with E-state index in [0.717, 1.165) is 17.5 Å². The number of anilines is 1. The van der Waals surface area contributed by atoms with Crippen LogP contribution in [0.25, 0.3) is 17.0 Å². The first-order valence-corrected chi connectivity index (χ1v) is 11.6. The highest BCUT2D eigenvalue weighted by Gasteiger charge is 2.36. The maximum absolute atomic E-state index is 13.5. The summed E-state index contributed by atoms with van der Waals surface area (Å²) in [7, 11) is 0. The second-order valence-corrected chi connectivity index (χ2v) is 8.66. The number of carbonyl (C=O) groups is 1. The minimum Gasteiger partial charge on any atom is -0.334 e. The lowest BCUT2D eigenvalue weighted by molar-refractivity contribution is 0.244. The van der Waals surface area contributed by atoms with E-state index in [2.05, 4.69) is 22.4 Å². The van der Waals surface area contributed by atoms with Crippen LogP contribution in [-0.2, 0) is 6.42 Å². The molecule has 1 aliphatic heterocycles. The summed E-state index contributed by atoms with van der Waals surface area (Å²) in [4.78, 5) is 19.3. The van der Waals surface area contributed by atoms with Gasteiger partial charge in [-0.15, -0.1) is 0 Å². The molecule has 2 heterocycles. The number of halogens is 2. The number of urea groups is 1. The van der Waals surface area contributed by atoms with E-state index in [1.165, 1.54) is 22.6 Å². The summed E-state index contributed by atoms with van der Waals surface area (Å²) >= 11 is 6.09. The lowest BCUT2D eigenvalue weighted by atomic mass is 9.94. The maximum atomic E-state index is 13.5. The van der Waals surface area contributed by atoms with E-state index in [-0.39, 0.29) is 17.7 Å². The summed E-state index contributed by atoms with van der Waals surface area (Å²) in [6, 6.07) is 20.0. The fourth-order valence-corrected chi connectivity index (χ4v) is 4.29. The molecule has 35 heavy (non-hydrogen) atoms. The molecule has 1 aromatic heterocycles. The van der Waals surface area contributed by atoms with Gasteiger partial charge in [0.25, 0.3) is 5.89 Å². The van der Waals surface area contributed by atoms with Gasteiger partial charge in [-0.1, -0.05) is 60.1 Å². The van der Waals surface area contributed by atoms with Crippen LogP contribution in [0.1, 0.15) is 36.9 Å². The molecule has 3 aromatic carbocycles. The van der Waals surface area contributed by atoms with Crippen LogP contribution in [0.3, 0.4) is 0 Å². The first kappa shape index (κ1) is 22.8. The SMILES string of the molecule is CCc1ccc(-c2noc(C3=C(C)N(c4ccc(F)cc4)C(=O)NC3c3ccc(Cl)cc3)n2)cc1. The molecule has 0 saturated heterocycles. The van der Waals surface area contributed by atoms with E-state index in [4.69, 9.17) is 16.1 Å². The standard InChI is InChI=1S/C27H22ClFN4O2/c1-3-17-4-6-19(7-5-17)25-31-26(35-32-25)23-16(2)33(22-14-12-21(29)13-15-22)27(34)30-24(23)18-8-10-20(28)11-9-18/h4-15,24H,3H2,1-2H3,(H,30,34). The molecule has 0 radical (unpaired) electrons.